The van der Waals surface area contributed by atoms with Crippen molar-refractivity contribution >= 4 is 18.5 Å². The molecule has 0 radical (unpaired) electrons. The molecule has 1 aromatic rings. The SMILES string of the molecule is CNCC1CCCN(C(=O)C(S)Cc2ccccc2)C1. The van der Waals surface area contributed by atoms with Crippen molar-refractivity contribution in [3.63, 3.8) is 0 Å². The van der Waals surface area contributed by atoms with Gasteiger partial charge in [0.15, 0.2) is 0 Å². The Balaban J connectivity index is 1.89. The molecule has 3 nitrogen and oxygen atoms in total. The van der Waals surface area contributed by atoms with Crippen LogP contribution in [-0.4, -0.2) is 42.7 Å². The number of carbonyl (C=O) groups is 1. The van der Waals surface area contributed by atoms with Crippen molar-refractivity contribution in [3.05, 3.63) is 35.9 Å². The molecule has 0 saturated carbocycles. The average molecular weight is 292 g/mol. The standard InChI is InChI=1S/C16H24N2OS/c1-17-11-14-8-5-9-18(12-14)16(19)15(20)10-13-6-3-2-4-7-13/h2-4,6-7,14-15,17,20H,5,8-12H2,1H3. The highest BCUT2D eigenvalue weighted by atomic mass is 32.1. The van der Waals surface area contributed by atoms with Gasteiger partial charge in [0, 0.05) is 13.1 Å². The molecule has 0 aliphatic carbocycles. The predicted octanol–water partition coefficient (Wildman–Crippen LogP) is 1.99. The number of nitrogens with zero attached hydrogens (tertiary/aromatic N) is 1. The fourth-order valence-corrected chi connectivity index (χ4v) is 3.23. The molecule has 1 aromatic carbocycles. The number of piperidine rings is 1. The molecule has 1 amide bonds. The van der Waals surface area contributed by atoms with Crippen LogP contribution in [0.2, 0.25) is 0 Å². The van der Waals surface area contributed by atoms with Crippen LogP contribution in [0.4, 0.5) is 0 Å². The van der Waals surface area contributed by atoms with Crippen molar-refractivity contribution in [1.82, 2.24) is 10.2 Å². The number of hydrogen-bond acceptors (Lipinski definition) is 3. The van der Waals surface area contributed by atoms with Crippen LogP contribution in [0, 0.1) is 5.92 Å². The molecule has 0 aromatic heterocycles. The Morgan fingerprint density at radius 1 is 1.45 bits per heavy atom. The summed E-state index contributed by atoms with van der Waals surface area (Å²) in [5.74, 6) is 0.757. The molecule has 2 atom stereocenters. The highest BCUT2D eigenvalue weighted by Crippen LogP contribution is 2.19. The molecule has 1 aliphatic heterocycles. The second-order valence-electron chi connectivity index (χ2n) is 5.56. The highest BCUT2D eigenvalue weighted by molar-refractivity contribution is 7.81. The van der Waals surface area contributed by atoms with E-state index in [0.717, 1.165) is 26.1 Å². The molecule has 0 bridgehead atoms. The molecular weight excluding hydrogens is 268 g/mol. The molecule has 110 valence electrons. The maximum Gasteiger partial charge on any atom is 0.235 e. The average Bonchev–Trinajstić information content (AvgIpc) is 2.48. The van der Waals surface area contributed by atoms with E-state index in [-0.39, 0.29) is 11.2 Å². The fraction of sp³-hybridized carbons (Fsp3) is 0.562. The van der Waals surface area contributed by atoms with E-state index in [9.17, 15) is 4.79 Å². The van der Waals surface area contributed by atoms with Gasteiger partial charge in [-0.25, -0.2) is 0 Å². The lowest BCUT2D eigenvalue weighted by atomic mass is 9.97. The first-order chi connectivity index (χ1) is 9.70. The third kappa shape index (κ3) is 4.25. The van der Waals surface area contributed by atoms with E-state index in [0.29, 0.717) is 12.3 Å². The molecule has 2 unspecified atom stereocenters. The number of hydrogen-bond donors (Lipinski definition) is 2. The Labute approximate surface area is 127 Å². The zero-order chi connectivity index (χ0) is 14.4. The molecule has 1 fully saturated rings. The lowest BCUT2D eigenvalue weighted by molar-refractivity contribution is -0.132. The third-order valence-corrected chi connectivity index (χ3v) is 4.28. The van der Waals surface area contributed by atoms with E-state index in [4.69, 9.17) is 0 Å². The Morgan fingerprint density at radius 3 is 2.90 bits per heavy atom. The van der Waals surface area contributed by atoms with Crippen molar-refractivity contribution in [3.8, 4) is 0 Å². The van der Waals surface area contributed by atoms with Crippen molar-refractivity contribution < 1.29 is 4.79 Å². The monoisotopic (exact) mass is 292 g/mol. The molecular formula is C16H24N2OS. The summed E-state index contributed by atoms with van der Waals surface area (Å²) in [6.45, 7) is 2.73. The second kappa shape index (κ2) is 7.70. The van der Waals surface area contributed by atoms with E-state index in [2.05, 4.69) is 30.1 Å². The first kappa shape index (κ1) is 15.4. The molecule has 0 spiro atoms. The van der Waals surface area contributed by atoms with Gasteiger partial charge < -0.3 is 10.2 Å². The minimum absolute atomic E-state index is 0.179. The predicted molar refractivity (Wildman–Crippen MR) is 86.2 cm³/mol. The van der Waals surface area contributed by atoms with Gasteiger partial charge in [0.25, 0.3) is 0 Å². The van der Waals surface area contributed by atoms with E-state index in [1.54, 1.807) is 0 Å². The van der Waals surface area contributed by atoms with Crippen molar-refractivity contribution in [1.29, 1.82) is 0 Å². The summed E-state index contributed by atoms with van der Waals surface area (Å²) < 4.78 is 0. The van der Waals surface area contributed by atoms with Gasteiger partial charge in [0.2, 0.25) is 5.91 Å². The maximum atomic E-state index is 12.5. The first-order valence-corrected chi connectivity index (χ1v) is 7.87. The first-order valence-electron chi connectivity index (χ1n) is 7.36. The van der Waals surface area contributed by atoms with Crippen LogP contribution in [0.25, 0.3) is 0 Å². The number of carbonyl (C=O) groups excluding carboxylic acids is 1. The largest absolute Gasteiger partial charge is 0.341 e. The molecule has 1 heterocycles. The Hall–Kier alpha value is -1.00. The zero-order valence-corrected chi connectivity index (χ0v) is 13.0. The maximum absolute atomic E-state index is 12.5. The number of thiol groups is 1. The minimum Gasteiger partial charge on any atom is -0.341 e. The topological polar surface area (TPSA) is 32.3 Å². The second-order valence-corrected chi connectivity index (χ2v) is 6.18. The normalized spacial score (nSPS) is 20.7. The van der Waals surface area contributed by atoms with Crippen LogP contribution >= 0.6 is 12.6 Å². The van der Waals surface area contributed by atoms with Crippen LogP contribution in [0.15, 0.2) is 30.3 Å². The van der Waals surface area contributed by atoms with Crippen LogP contribution in [0.3, 0.4) is 0 Å². The van der Waals surface area contributed by atoms with Crippen molar-refractivity contribution in [2.45, 2.75) is 24.5 Å². The number of rotatable bonds is 5. The van der Waals surface area contributed by atoms with E-state index >= 15 is 0 Å². The summed E-state index contributed by atoms with van der Waals surface area (Å²) in [5, 5.41) is 2.98. The summed E-state index contributed by atoms with van der Waals surface area (Å²) in [6.07, 6.45) is 3.01. The molecule has 1 saturated heterocycles. The minimum atomic E-state index is -0.231. The summed E-state index contributed by atoms with van der Waals surface area (Å²) >= 11 is 4.52. The van der Waals surface area contributed by atoms with E-state index in [1.165, 1.54) is 12.0 Å². The number of likely N-dealkylation sites (tertiary alicyclic amines) is 1. The molecule has 2 rings (SSSR count). The Bertz CT molecular complexity index is 422. The molecule has 1 N–H and O–H groups in total. The Morgan fingerprint density at radius 2 is 2.20 bits per heavy atom. The fourth-order valence-electron chi connectivity index (χ4n) is 2.86. The van der Waals surface area contributed by atoms with Crippen molar-refractivity contribution in [2.24, 2.45) is 5.92 Å². The van der Waals surface area contributed by atoms with Gasteiger partial charge in [0.1, 0.15) is 0 Å². The highest BCUT2D eigenvalue weighted by Gasteiger charge is 2.26. The summed E-state index contributed by atoms with van der Waals surface area (Å²) in [6, 6.07) is 10.1. The van der Waals surface area contributed by atoms with Gasteiger partial charge in [-0.1, -0.05) is 30.3 Å². The molecule has 4 heteroatoms. The third-order valence-electron chi connectivity index (χ3n) is 3.88. The van der Waals surface area contributed by atoms with Gasteiger partial charge in [-0.3, -0.25) is 4.79 Å². The zero-order valence-electron chi connectivity index (χ0n) is 12.1. The van der Waals surface area contributed by atoms with Crippen LogP contribution < -0.4 is 5.32 Å². The lowest BCUT2D eigenvalue weighted by Gasteiger charge is -2.34. The van der Waals surface area contributed by atoms with Gasteiger partial charge in [0.05, 0.1) is 5.25 Å². The van der Waals surface area contributed by atoms with Crippen LogP contribution in [0.1, 0.15) is 18.4 Å². The van der Waals surface area contributed by atoms with Gasteiger partial charge in [-0.05, 0) is 44.3 Å². The smallest absolute Gasteiger partial charge is 0.235 e. The van der Waals surface area contributed by atoms with Crippen LogP contribution in [0.5, 0.6) is 0 Å². The van der Waals surface area contributed by atoms with Gasteiger partial charge in [-0.2, -0.15) is 12.6 Å². The lowest BCUT2D eigenvalue weighted by Crippen LogP contribution is -2.45. The summed E-state index contributed by atoms with van der Waals surface area (Å²) in [4.78, 5) is 14.5. The van der Waals surface area contributed by atoms with Crippen LogP contribution in [-0.2, 0) is 11.2 Å². The van der Waals surface area contributed by atoms with E-state index in [1.807, 2.05) is 30.1 Å². The van der Waals surface area contributed by atoms with Gasteiger partial charge in [-0.15, -0.1) is 0 Å². The summed E-state index contributed by atoms with van der Waals surface area (Å²) in [5.41, 5.74) is 1.17. The van der Waals surface area contributed by atoms with E-state index < -0.39 is 0 Å². The molecule has 1 aliphatic rings. The number of benzene rings is 1. The Kier molecular flexibility index (Phi) is 5.92. The quantitative estimate of drug-likeness (QED) is 0.814. The number of amides is 1. The molecule has 20 heavy (non-hydrogen) atoms. The number of nitrogens with one attached hydrogen (secondary N) is 1. The van der Waals surface area contributed by atoms with Gasteiger partial charge >= 0.3 is 0 Å². The van der Waals surface area contributed by atoms with Crippen molar-refractivity contribution in [2.75, 3.05) is 26.7 Å². The summed E-state index contributed by atoms with van der Waals surface area (Å²) in [7, 11) is 1.97.